The van der Waals surface area contributed by atoms with Crippen molar-refractivity contribution < 1.29 is 24.8 Å². The highest BCUT2D eigenvalue weighted by Gasteiger charge is 2.67. The van der Waals surface area contributed by atoms with Gasteiger partial charge in [-0.15, -0.1) is 0 Å². The van der Waals surface area contributed by atoms with Crippen LogP contribution in [0.1, 0.15) is 13.8 Å². The largest absolute Gasteiger partial charge is 0.391 e. The minimum Gasteiger partial charge on any atom is -0.391 e. The second kappa shape index (κ2) is 2.43. The van der Waals surface area contributed by atoms with E-state index in [0.717, 1.165) is 0 Å². The molecule has 3 aliphatic rings. The number of aliphatic hydroxyl groups is 3. The first kappa shape index (κ1) is 9.36. The molecule has 5 heteroatoms. The second-order valence-electron chi connectivity index (χ2n) is 4.15. The first-order chi connectivity index (χ1) is 5.93. The highest BCUT2D eigenvalue weighted by molar-refractivity contribution is 5.09. The van der Waals surface area contributed by atoms with Gasteiger partial charge in [-0.2, -0.15) is 0 Å². The summed E-state index contributed by atoms with van der Waals surface area (Å²) in [4.78, 5) is 0. The molecule has 13 heavy (non-hydrogen) atoms. The molecule has 3 N–H and O–H groups in total. The van der Waals surface area contributed by atoms with Crippen molar-refractivity contribution in [3.63, 3.8) is 0 Å². The molecule has 0 aromatic rings. The lowest BCUT2D eigenvalue weighted by Crippen LogP contribution is -2.80. The van der Waals surface area contributed by atoms with Gasteiger partial charge >= 0.3 is 0 Å². The molecular weight excluding hydrogens is 176 g/mol. The van der Waals surface area contributed by atoms with Crippen LogP contribution in [-0.2, 0) is 9.47 Å². The van der Waals surface area contributed by atoms with Gasteiger partial charge in [-0.3, -0.25) is 0 Å². The lowest BCUT2D eigenvalue weighted by Gasteiger charge is -2.61. The molecule has 3 aliphatic heterocycles. The molecule has 3 heterocycles. The molecule has 0 saturated carbocycles. The van der Waals surface area contributed by atoms with Crippen molar-refractivity contribution >= 4 is 0 Å². The van der Waals surface area contributed by atoms with E-state index in [2.05, 4.69) is 0 Å². The highest BCUT2D eigenvalue weighted by atomic mass is 16.8. The zero-order valence-electron chi connectivity index (χ0n) is 7.60. The van der Waals surface area contributed by atoms with Gasteiger partial charge in [-0.1, -0.05) is 0 Å². The van der Waals surface area contributed by atoms with Crippen LogP contribution in [0.15, 0.2) is 0 Å². The van der Waals surface area contributed by atoms with Gasteiger partial charge < -0.3 is 24.8 Å². The van der Waals surface area contributed by atoms with Crippen LogP contribution in [0.4, 0.5) is 0 Å². The predicted molar refractivity (Wildman–Crippen MR) is 41.9 cm³/mol. The van der Waals surface area contributed by atoms with E-state index in [9.17, 15) is 10.2 Å². The fourth-order valence-electron chi connectivity index (χ4n) is 1.93. The number of fused-ring (bicyclic) bond motifs is 2. The third-order valence-electron chi connectivity index (χ3n) is 2.78. The topological polar surface area (TPSA) is 79.2 Å². The smallest absolute Gasteiger partial charge is 0.222 e. The Morgan fingerprint density at radius 2 is 1.85 bits per heavy atom. The van der Waals surface area contributed by atoms with Crippen molar-refractivity contribution in [1.29, 1.82) is 0 Å². The molecule has 2 unspecified atom stereocenters. The van der Waals surface area contributed by atoms with E-state index in [1.54, 1.807) is 13.8 Å². The predicted octanol–water partition coefficient (Wildman–Crippen LogP) is -1.40. The van der Waals surface area contributed by atoms with Crippen molar-refractivity contribution in [3.8, 4) is 0 Å². The summed E-state index contributed by atoms with van der Waals surface area (Å²) in [7, 11) is 0. The van der Waals surface area contributed by atoms with Crippen molar-refractivity contribution in [3.05, 3.63) is 0 Å². The van der Waals surface area contributed by atoms with Crippen molar-refractivity contribution in [1.82, 2.24) is 0 Å². The Kier molecular flexibility index (Phi) is 1.75. The molecular formula is C8H14O5. The summed E-state index contributed by atoms with van der Waals surface area (Å²) in [5, 5.41) is 28.1. The maximum absolute atomic E-state index is 9.63. The molecule has 4 atom stereocenters. The van der Waals surface area contributed by atoms with Crippen LogP contribution in [0, 0.1) is 0 Å². The number of rotatable bonds is 1. The van der Waals surface area contributed by atoms with Gasteiger partial charge in [0.15, 0.2) is 0 Å². The third-order valence-corrected chi connectivity index (χ3v) is 2.78. The first-order valence-corrected chi connectivity index (χ1v) is 4.28. The average molecular weight is 190 g/mol. The third kappa shape index (κ3) is 0.992. The van der Waals surface area contributed by atoms with E-state index in [1.807, 2.05) is 0 Å². The van der Waals surface area contributed by atoms with Crippen LogP contribution >= 0.6 is 0 Å². The van der Waals surface area contributed by atoms with Gasteiger partial charge in [0.05, 0.1) is 5.60 Å². The number of hydrogen-bond acceptors (Lipinski definition) is 5. The molecule has 3 fully saturated rings. The molecule has 0 aliphatic carbocycles. The second-order valence-corrected chi connectivity index (χ2v) is 4.15. The van der Waals surface area contributed by atoms with Gasteiger partial charge in [0.25, 0.3) is 0 Å². The molecule has 5 nitrogen and oxygen atoms in total. The van der Waals surface area contributed by atoms with E-state index < -0.39 is 36.3 Å². The standard InChI is InChI=1S/C8H14O5/c1-7(2)5(10)4-6(11)8(3-9,12-4)13-7/h4-6,9-11H,3H2,1-2H3/t4-,5?,6+,8?/m0/s1. The normalized spacial score (nSPS) is 52.8. The average Bonchev–Trinajstić information content (AvgIpc) is 2.07. The van der Waals surface area contributed by atoms with Gasteiger partial charge in [0, 0.05) is 0 Å². The molecule has 0 aromatic carbocycles. The fourth-order valence-corrected chi connectivity index (χ4v) is 1.93. The summed E-state index contributed by atoms with van der Waals surface area (Å²) >= 11 is 0. The molecule has 3 rings (SSSR count). The zero-order chi connectivity index (χ0) is 9.85. The van der Waals surface area contributed by atoms with E-state index in [1.165, 1.54) is 0 Å². The van der Waals surface area contributed by atoms with Gasteiger partial charge in [-0.25, -0.2) is 0 Å². The van der Waals surface area contributed by atoms with Crippen LogP contribution < -0.4 is 0 Å². The summed E-state index contributed by atoms with van der Waals surface area (Å²) in [6.45, 7) is 2.99. The lowest BCUT2D eigenvalue weighted by molar-refractivity contribution is -0.490. The summed E-state index contributed by atoms with van der Waals surface area (Å²) in [6, 6.07) is 0. The highest BCUT2D eigenvalue weighted by Crippen LogP contribution is 2.47. The summed E-state index contributed by atoms with van der Waals surface area (Å²) in [6.07, 6.45) is -2.45. The fraction of sp³-hybridized carbons (Fsp3) is 1.00. The molecule has 0 spiro atoms. The van der Waals surface area contributed by atoms with E-state index >= 15 is 0 Å². The summed E-state index contributed by atoms with van der Waals surface area (Å²) < 4.78 is 10.4. The molecule has 3 saturated heterocycles. The molecule has 0 radical (unpaired) electrons. The van der Waals surface area contributed by atoms with E-state index in [-0.39, 0.29) is 0 Å². The van der Waals surface area contributed by atoms with Crippen LogP contribution in [0.3, 0.4) is 0 Å². The molecule has 2 bridgehead atoms. The Hall–Kier alpha value is -0.200. The number of aliphatic hydroxyl groups excluding tert-OH is 3. The van der Waals surface area contributed by atoms with Gasteiger partial charge in [0.2, 0.25) is 5.79 Å². The van der Waals surface area contributed by atoms with Crippen molar-refractivity contribution in [2.24, 2.45) is 0 Å². The maximum Gasteiger partial charge on any atom is 0.222 e. The van der Waals surface area contributed by atoms with Crippen LogP contribution in [-0.4, -0.2) is 51.6 Å². The quantitative estimate of drug-likeness (QED) is 0.474. The number of ether oxygens (including phenoxy) is 2. The Balaban J connectivity index is 2.23. The minimum atomic E-state index is -1.31. The SMILES string of the molecule is CC1(C)OC2(CO)O[C@@H](C1O)[C@H]2O. The Labute approximate surface area is 75.9 Å². The van der Waals surface area contributed by atoms with Crippen molar-refractivity contribution in [2.75, 3.05) is 6.61 Å². The van der Waals surface area contributed by atoms with Crippen molar-refractivity contribution in [2.45, 2.75) is 43.5 Å². The van der Waals surface area contributed by atoms with Crippen LogP contribution in [0.2, 0.25) is 0 Å². The molecule has 0 amide bonds. The maximum atomic E-state index is 9.63. The molecule has 0 aromatic heterocycles. The van der Waals surface area contributed by atoms with Crippen LogP contribution in [0.25, 0.3) is 0 Å². The van der Waals surface area contributed by atoms with Gasteiger partial charge in [-0.05, 0) is 13.8 Å². The Bertz CT molecular complexity index is 229. The number of hydrogen-bond donors (Lipinski definition) is 3. The minimum absolute atomic E-state index is 0.402. The monoisotopic (exact) mass is 190 g/mol. The Morgan fingerprint density at radius 1 is 1.23 bits per heavy atom. The van der Waals surface area contributed by atoms with Crippen LogP contribution in [0.5, 0.6) is 0 Å². The Morgan fingerprint density at radius 3 is 2.31 bits per heavy atom. The van der Waals surface area contributed by atoms with E-state index in [4.69, 9.17) is 14.6 Å². The summed E-state index contributed by atoms with van der Waals surface area (Å²) in [5.41, 5.74) is -0.787. The zero-order valence-corrected chi connectivity index (χ0v) is 7.60. The lowest BCUT2D eigenvalue weighted by atomic mass is 9.81. The summed E-state index contributed by atoms with van der Waals surface area (Å²) in [5.74, 6) is -1.31. The van der Waals surface area contributed by atoms with E-state index in [0.29, 0.717) is 0 Å². The van der Waals surface area contributed by atoms with Gasteiger partial charge in [0.1, 0.15) is 24.9 Å². The first-order valence-electron chi connectivity index (χ1n) is 4.28. The molecule has 76 valence electrons.